The van der Waals surface area contributed by atoms with Crippen LogP contribution in [0.4, 0.5) is 0 Å². The third-order valence-corrected chi connectivity index (χ3v) is 4.63. The number of rotatable bonds is 5. The molecule has 2 aromatic heterocycles. The molecule has 4 rings (SSSR count). The van der Waals surface area contributed by atoms with Crippen molar-refractivity contribution in [2.75, 3.05) is 13.1 Å². The first-order valence-corrected chi connectivity index (χ1v) is 8.61. The van der Waals surface area contributed by atoms with Crippen LogP contribution in [0, 0.1) is 0 Å². The molecule has 0 unspecified atom stereocenters. The molecule has 1 aromatic carbocycles. The first-order chi connectivity index (χ1) is 12.7. The molecule has 1 aliphatic heterocycles. The Morgan fingerprint density at radius 2 is 1.85 bits per heavy atom. The van der Waals surface area contributed by atoms with Gasteiger partial charge < -0.3 is 9.47 Å². The van der Waals surface area contributed by atoms with Gasteiger partial charge in [-0.1, -0.05) is 41.6 Å². The summed E-state index contributed by atoms with van der Waals surface area (Å²) in [6.07, 6.45) is 3.95. The molecule has 26 heavy (non-hydrogen) atoms. The molecule has 1 amide bonds. The first-order valence-electron chi connectivity index (χ1n) is 8.61. The van der Waals surface area contributed by atoms with Crippen molar-refractivity contribution < 1.29 is 4.79 Å². The van der Waals surface area contributed by atoms with Crippen LogP contribution in [0.25, 0.3) is 11.3 Å². The van der Waals surface area contributed by atoms with Crippen LogP contribution in [-0.4, -0.2) is 43.5 Å². The minimum Gasteiger partial charge on any atom is -0.338 e. The van der Waals surface area contributed by atoms with Crippen molar-refractivity contribution in [2.24, 2.45) is 0 Å². The summed E-state index contributed by atoms with van der Waals surface area (Å²) in [5.74, 6) is 0.0559. The van der Waals surface area contributed by atoms with Gasteiger partial charge in [0.15, 0.2) is 0 Å². The maximum Gasteiger partial charge on any atom is 0.250 e. The zero-order valence-electron chi connectivity index (χ0n) is 14.2. The quantitative estimate of drug-likeness (QED) is 0.701. The number of amides is 1. The third kappa shape index (κ3) is 3.28. The molecule has 3 aromatic rings. The smallest absolute Gasteiger partial charge is 0.250 e. The van der Waals surface area contributed by atoms with Gasteiger partial charge in [0.05, 0.1) is 12.2 Å². The topological polar surface area (TPSA) is 73.0 Å². The predicted molar refractivity (Wildman–Crippen MR) is 96.4 cm³/mol. The summed E-state index contributed by atoms with van der Waals surface area (Å²) in [6, 6.07) is 15.0. The van der Waals surface area contributed by atoms with Gasteiger partial charge in [-0.05, 0) is 6.07 Å². The van der Waals surface area contributed by atoms with Crippen LogP contribution in [-0.2, 0) is 11.3 Å². The number of pyridine rings is 1. The Balaban J connectivity index is 1.31. The first kappa shape index (κ1) is 16.3. The summed E-state index contributed by atoms with van der Waals surface area (Å²) in [5, 5.41) is 8.41. The summed E-state index contributed by atoms with van der Waals surface area (Å²) in [6.45, 7) is 1.65. The van der Waals surface area contributed by atoms with Crippen molar-refractivity contribution in [3.05, 3.63) is 71.3 Å². The molecule has 0 atom stereocenters. The average Bonchev–Trinajstić information content (AvgIpc) is 3.10. The van der Waals surface area contributed by atoms with Gasteiger partial charge in [0.2, 0.25) is 5.91 Å². The second-order valence-corrected chi connectivity index (χ2v) is 6.38. The van der Waals surface area contributed by atoms with Crippen LogP contribution in [0.15, 0.2) is 65.7 Å². The van der Waals surface area contributed by atoms with Gasteiger partial charge in [-0.15, -0.1) is 5.10 Å². The number of benzene rings is 1. The SMILES string of the molecule is O=C(CCn1ccccc1=O)N1CC(n2cc(-c3ccccc3)nn2)C1. The molecule has 0 radical (unpaired) electrons. The van der Waals surface area contributed by atoms with Crippen LogP contribution in [0.3, 0.4) is 0 Å². The minimum atomic E-state index is -0.0853. The lowest BCUT2D eigenvalue weighted by Crippen LogP contribution is -2.51. The van der Waals surface area contributed by atoms with E-state index in [1.165, 1.54) is 6.07 Å². The Morgan fingerprint density at radius 3 is 2.62 bits per heavy atom. The fraction of sp³-hybridized carbons (Fsp3) is 0.263. The molecule has 0 bridgehead atoms. The van der Waals surface area contributed by atoms with E-state index >= 15 is 0 Å². The van der Waals surface area contributed by atoms with Crippen molar-refractivity contribution >= 4 is 5.91 Å². The second kappa shape index (κ2) is 6.95. The van der Waals surface area contributed by atoms with Crippen molar-refractivity contribution in [3.63, 3.8) is 0 Å². The Hall–Kier alpha value is -3.22. The maximum absolute atomic E-state index is 12.3. The number of nitrogens with zero attached hydrogens (tertiary/aromatic N) is 5. The highest BCUT2D eigenvalue weighted by atomic mass is 16.2. The van der Waals surface area contributed by atoms with Gasteiger partial charge in [-0.2, -0.15) is 0 Å². The van der Waals surface area contributed by atoms with Crippen LogP contribution < -0.4 is 5.56 Å². The summed E-state index contributed by atoms with van der Waals surface area (Å²) < 4.78 is 3.38. The monoisotopic (exact) mass is 349 g/mol. The molecule has 0 aliphatic carbocycles. The molecule has 1 aliphatic rings. The van der Waals surface area contributed by atoms with E-state index in [0.717, 1.165) is 11.3 Å². The van der Waals surface area contributed by atoms with Gasteiger partial charge in [-0.25, -0.2) is 4.68 Å². The van der Waals surface area contributed by atoms with Crippen molar-refractivity contribution in [2.45, 2.75) is 19.0 Å². The number of likely N-dealkylation sites (tertiary alicyclic amines) is 1. The van der Waals surface area contributed by atoms with Crippen molar-refractivity contribution in [1.82, 2.24) is 24.5 Å². The number of aryl methyl sites for hydroxylation is 1. The van der Waals surface area contributed by atoms with E-state index in [0.29, 0.717) is 26.1 Å². The fourth-order valence-electron chi connectivity index (χ4n) is 3.04. The second-order valence-electron chi connectivity index (χ2n) is 6.38. The molecule has 7 heteroatoms. The molecule has 1 fully saturated rings. The molecular weight excluding hydrogens is 330 g/mol. The normalized spacial score (nSPS) is 14.2. The Labute approximate surface area is 150 Å². The van der Waals surface area contributed by atoms with E-state index < -0.39 is 0 Å². The summed E-state index contributed by atoms with van der Waals surface area (Å²) in [4.78, 5) is 25.7. The number of carbonyl (C=O) groups is 1. The van der Waals surface area contributed by atoms with Gasteiger partial charge in [0, 0.05) is 43.9 Å². The van der Waals surface area contributed by atoms with E-state index in [1.54, 1.807) is 27.8 Å². The molecule has 7 nitrogen and oxygen atoms in total. The minimum absolute atomic E-state index is 0.0559. The van der Waals surface area contributed by atoms with E-state index in [4.69, 9.17) is 0 Å². The van der Waals surface area contributed by atoms with Gasteiger partial charge >= 0.3 is 0 Å². The largest absolute Gasteiger partial charge is 0.338 e. The van der Waals surface area contributed by atoms with E-state index in [9.17, 15) is 9.59 Å². The Kier molecular flexibility index (Phi) is 4.35. The Bertz CT molecular complexity index is 957. The standard InChI is InChI=1S/C19H19N5O2/c25-18-8-4-5-10-22(18)11-9-19(26)23-12-16(13-23)24-14-17(20-21-24)15-6-2-1-3-7-15/h1-8,10,14,16H,9,11-13H2. The van der Waals surface area contributed by atoms with Gasteiger partial charge in [0.25, 0.3) is 5.56 Å². The molecular formula is C19H19N5O2. The van der Waals surface area contributed by atoms with Crippen molar-refractivity contribution in [3.8, 4) is 11.3 Å². The van der Waals surface area contributed by atoms with Crippen molar-refractivity contribution in [1.29, 1.82) is 0 Å². The zero-order chi connectivity index (χ0) is 17.9. The highest BCUT2D eigenvalue weighted by Gasteiger charge is 2.32. The Morgan fingerprint density at radius 1 is 1.08 bits per heavy atom. The highest BCUT2D eigenvalue weighted by Crippen LogP contribution is 2.23. The molecule has 1 saturated heterocycles. The molecule has 132 valence electrons. The molecule has 0 saturated carbocycles. The van der Waals surface area contributed by atoms with Crippen LogP contribution in [0.5, 0.6) is 0 Å². The lowest BCUT2D eigenvalue weighted by molar-refractivity contribution is -0.137. The van der Waals surface area contributed by atoms with E-state index in [1.807, 2.05) is 41.2 Å². The number of carbonyl (C=O) groups excluding carboxylic acids is 1. The average molecular weight is 349 g/mol. The zero-order valence-corrected chi connectivity index (χ0v) is 14.2. The summed E-state index contributed by atoms with van der Waals surface area (Å²) in [5.41, 5.74) is 1.77. The molecule has 3 heterocycles. The lowest BCUT2D eigenvalue weighted by atomic mass is 10.1. The fourth-order valence-corrected chi connectivity index (χ4v) is 3.04. The maximum atomic E-state index is 12.3. The molecule has 0 N–H and O–H groups in total. The van der Waals surface area contributed by atoms with Gasteiger partial charge in [-0.3, -0.25) is 9.59 Å². The van der Waals surface area contributed by atoms with E-state index in [-0.39, 0.29) is 17.5 Å². The number of hydrogen-bond acceptors (Lipinski definition) is 4. The number of aromatic nitrogens is 4. The highest BCUT2D eigenvalue weighted by molar-refractivity contribution is 5.77. The van der Waals surface area contributed by atoms with E-state index in [2.05, 4.69) is 10.3 Å². The number of hydrogen-bond donors (Lipinski definition) is 0. The molecule has 0 spiro atoms. The lowest BCUT2D eigenvalue weighted by Gasteiger charge is -2.39. The van der Waals surface area contributed by atoms with Crippen LogP contribution >= 0.6 is 0 Å². The van der Waals surface area contributed by atoms with Crippen LogP contribution in [0.1, 0.15) is 12.5 Å². The van der Waals surface area contributed by atoms with Gasteiger partial charge in [0.1, 0.15) is 5.69 Å². The summed E-state index contributed by atoms with van der Waals surface area (Å²) >= 11 is 0. The third-order valence-electron chi connectivity index (χ3n) is 4.63. The van der Waals surface area contributed by atoms with Crippen LogP contribution in [0.2, 0.25) is 0 Å². The summed E-state index contributed by atoms with van der Waals surface area (Å²) in [7, 11) is 0. The predicted octanol–water partition coefficient (Wildman–Crippen LogP) is 1.58.